The van der Waals surface area contributed by atoms with Gasteiger partial charge in [0.05, 0.1) is 0 Å². The second-order valence-electron chi connectivity index (χ2n) is 3.71. The first-order chi connectivity index (χ1) is 6.97. The fourth-order valence-corrected chi connectivity index (χ4v) is 1.45. The smallest absolute Gasteiger partial charge is 0.306 e. The first-order valence-corrected chi connectivity index (χ1v) is 6.51. The Balaban J connectivity index is 3.69. The maximum absolute atomic E-state index is 11.3. The van der Waals surface area contributed by atoms with Crippen LogP contribution in [0, 0.1) is 5.92 Å². The summed E-state index contributed by atoms with van der Waals surface area (Å²) in [5, 5.41) is 0. The summed E-state index contributed by atoms with van der Waals surface area (Å²) in [6, 6.07) is 0. The number of esters is 1. The van der Waals surface area contributed by atoms with Gasteiger partial charge < -0.3 is 9.29 Å². The second-order valence-corrected chi connectivity index (χ2v) is 4.76. The van der Waals surface area contributed by atoms with Gasteiger partial charge in [-0.3, -0.25) is 4.79 Å². The van der Waals surface area contributed by atoms with Gasteiger partial charge in [-0.2, -0.15) is 0 Å². The molecule has 0 aromatic carbocycles. The van der Waals surface area contributed by atoms with Crippen LogP contribution in [0.3, 0.4) is 0 Å². The average Bonchev–Trinajstić information content (AvgIpc) is 2.15. The molecule has 0 saturated heterocycles. The molecule has 5 heteroatoms. The largest absolute Gasteiger partial charge is 0.462 e. The lowest BCUT2D eigenvalue weighted by Gasteiger charge is -2.18. The van der Waals surface area contributed by atoms with Gasteiger partial charge in [0, 0.05) is 12.2 Å². The third kappa shape index (κ3) is 7.50. The Hall–Kier alpha value is -0.420. The lowest BCUT2D eigenvalue weighted by molar-refractivity contribution is -0.150. The highest BCUT2D eigenvalue weighted by Gasteiger charge is 2.14. The summed E-state index contributed by atoms with van der Waals surface area (Å²) in [6.45, 7) is 5.95. The van der Waals surface area contributed by atoms with E-state index < -0.39 is 11.1 Å². The zero-order chi connectivity index (χ0) is 11.8. The Labute approximate surface area is 93.7 Å². The number of carbonyl (C=O) groups excluding carboxylic acids is 1. The molecule has 0 aromatic rings. The normalized spacial score (nSPS) is 16.8. The van der Waals surface area contributed by atoms with E-state index in [4.69, 9.17) is 9.29 Å². The molecule has 15 heavy (non-hydrogen) atoms. The Kier molecular flexibility index (Phi) is 7.60. The van der Waals surface area contributed by atoms with E-state index >= 15 is 0 Å². The van der Waals surface area contributed by atoms with Gasteiger partial charge in [0.2, 0.25) is 0 Å². The highest BCUT2D eigenvalue weighted by Crippen LogP contribution is 2.11. The van der Waals surface area contributed by atoms with Gasteiger partial charge in [-0.05, 0) is 19.3 Å². The number of rotatable bonds is 7. The van der Waals surface area contributed by atoms with Crippen LogP contribution in [0.25, 0.3) is 0 Å². The lowest BCUT2D eigenvalue weighted by atomic mass is 10.0. The van der Waals surface area contributed by atoms with Crippen LogP contribution in [0.4, 0.5) is 0 Å². The predicted octanol–water partition coefficient (Wildman–Crippen LogP) is 1.97. The molecule has 0 aliphatic carbocycles. The minimum absolute atomic E-state index is 0.0814. The van der Waals surface area contributed by atoms with Crippen LogP contribution in [-0.4, -0.2) is 26.6 Å². The van der Waals surface area contributed by atoms with Crippen molar-refractivity contribution in [3.63, 3.8) is 0 Å². The van der Waals surface area contributed by atoms with E-state index in [-0.39, 0.29) is 24.2 Å². The van der Waals surface area contributed by atoms with E-state index in [0.29, 0.717) is 12.3 Å². The molecule has 0 saturated carbocycles. The van der Waals surface area contributed by atoms with Crippen LogP contribution in [0.1, 0.15) is 40.0 Å². The molecule has 0 fully saturated rings. The molecule has 1 N–H and O–H groups in total. The predicted molar refractivity (Wildman–Crippen MR) is 59.9 cm³/mol. The minimum atomic E-state index is -1.81. The maximum Gasteiger partial charge on any atom is 0.306 e. The van der Waals surface area contributed by atoms with Crippen molar-refractivity contribution in [2.45, 2.75) is 46.1 Å². The first kappa shape index (κ1) is 14.6. The summed E-state index contributed by atoms with van der Waals surface area (Å²) in [4.78, 5) is 11.3. The zero-order valence-corrected chi connectivity index (χ0v) is 10.4. The highest BCUT2D eigenvalue weighted by molar-refractivity contribution is 7.79. The summed E-state index contributed by atoms with van der Waals surface area (Å²) >= 11 is -1.81. The topological polar surface area (TPSA) is 63.6 Å². The molecule has 0 amide bonds. The van der Waals surface area contributed by atoms with E-state index in [1.54, 1.807) is 0 Å². The van der Waals surface area contributed by atoms with E-state index in [2.05, 4.69) is 0 Å². The Morgan fingerprint density at radius 2 is 2.07 bits per heavy atom. The molecule has 0 aliphatic heterocycles. The second kappa shape index (κ2) is 7.82. The maximum atomic E-state index is 11.3. The Morgan fingerprint density at radius 3 is 2.53 bits per heavy atom. The van der Waals surface area contributed by atoms with E-state index in [9.17, 15) is 9.00 Å². The molecule has 3 unspecified atom stereocenters. The Morgan fingerprint density at radius 1 is 1.47 bits per heavy atom. The fourth-order valence-electron chi connectivity index (χ4n) is 1.05. The lowest BCUT2D eigenvalue weighted by Crippen LogP contribution is -2.21. The summed E-state index contributed by atoms with van der Waals surface area (Å²) in [7, 11) is 0. The van der Waals surface area contributed by atoms with E-state index in [1.165, 1.54) is 0 Å². The molecule has 0 aromatic heterocycles. The highest BCUT2D eigenvalue weighted by atomic mass is 32.2. The summed E-state index contributed by atoms with van der Waals surface area (Å²) in [5.74, 6) is 0.196. The van der Waals surface area contributed by atoms with Crippen LogP contribution in [0.15, 0.2) is 0 Å². The van der Waals surface area contributed by atoms with E-state index in [0.717, 1.165) is 6.42 Å². The fraction of sp³-hybridized carbons (Fsp3) is 0.900. The van der Waals surface area contributed by atoms with Crippen molar-refractivity contribution >= 4 is 17.0 Å². The molecule has 4 nitrogen and oxygen atoms in total. The molecule has 0 radical (unpaired) electrons. The van der Waals surface area contributed by atoms with Gasteiger partial charge in [-0.15, -0.1) is 0 Å². The monoisotopic (exact) mass is 236 g/mol. The SMILES string of the molecule is CCC(C)C(C)OC(=O)CCCS(=O)O. The van der Waals surface area contributed by atoms with Gasteiger partial charge in [0.1, 0.15) is 6.10 Å². The quantitative estimate of drug-likeness (QED) is 0.542. The zero-order valence-electron chi connectivity index (χ0n) is 9.56. The molecule has 0 rings (SSSR count). The molecule has 0 aliphatic rings. The number of hydrogen-bond donors (Lipinski definition) is 1. The standard InChI is InChI=1S/C10H20O4S/c1-4-8(2)9(3)14-10(11)6-5-7-15(12)13/h8-9H,4-7H2,1-3H3,(H,12,13). The van der Waals surface area contributed by atoms with Crippen LogP contribution in [0.2, 0.25) is 0 Å². The molecule has 90 valence electrons. The summed E-state index contributed by atoms with van der Waals surface area (Å²) < 4.78 is 24.0. The van der Waals surface area contributed by atoms with Gasteiger partial charge in [-0.25, -0.2) is 4.21 Å². The summed E-state index contributed by atoms with van der Waals surface area (Å²) in [6.07, 6.45) is 1.50. The van der Waals surface area contributed by atoms with Crippen LogP contribution >= 0.6 is 0 Å². The Bertz CT molecular complexity index is 217. The van der Waals surface area contributed by atoms with Crippen molar-refractivity contribution < 1.29 is 18.3 Å². The molecule has 0 bridgehead atoms. The van der Waals surface area contributed by atoms with Crippen LogP contribution in [0.5, 0.6) is 0 Å². The van der Waals surface area contributed by atoms with Crippen LogP contribution in [-0.2, 0) is 20.6 Å². The van der Waals surface area contributed by atoms with Crippen molar-refractivity contribution in [3.05, 3.63) is 0 Å². The van der Waals surface area contributed by atoms with Gasteiger partial charge in [-0.1, -0.05) is 20.3 Å². The van der Waals surface area contributed by atoms with Crippen molar-refractivity contribution in [2.24, 2.45) is 5.92 Å². The third-order valence-corrected chi connectivity index (χ3v) is 3.10. The third-order valence-electron chi connectivity index (χ3n) is 2.46. The van der Waals surface area contributed by atoms with E-state index in [1.807, 2.05) is 20.8 Å². The number of carbonyl (C=O) groups is 1. The molecular formula is C10H20O4S. The molecular weight excluding hydrogens is 216 g/mol. The number of ether oxygens (including phenoxy) is 1. The van der Waals surface area contributed by atoms with Gasteiger partial charge in [0.25, 0.3) is 0 Å². The minimum Gasteiger partial charge on any atom is -0.462 e. The van der Waals surface area contributed by atoms with Gasteiger partial charge >= 0.3 is 5.97 Å². The van der Waals surface area contributed by atoms with Crippen molar-refractivity contribution in [3.8, 4) is 0 Å². The molecule has 0 heterocycles. The van der Waals surface area contributed by atoms with Crippen molar-refractivity contribution in [2.75, 3.05) is 5.75 Å². The summed E-state index contributed by atoms with van der Waals surface area (Å²) in [5.41, 5.74) is 0. The molecule has 3 atom stereocenters. The van der Waals surface area contributed by atoms with Crippen molar-refractivity contribution in [1.82, 2.24) is 0 Å². The van der Waals surface area contributed by atoms with Crippen molar-refractivity contribution in [1.29, 1.82) is 0 Å². The number of hydrogen-bond acceptors (Lipinski definition) is 3. The van der Waals surface area contributed by atoms with Gasteiger partial charge in [0.15, 0.2) is 11.1 Å². The first-order valence-electron chi connectivity index (χ1n) is 5.24. The molecule has 0 spiro atoms. The average molecular weight is 236 g/mol. The van der Waals surface area contributed by atoms with Crippen LogP contribution < -0.4 is 0 Å².